The molecular weight excluding hydrogens is 256 g/mol. The number of aromatic nitrogens is 2. The Bertz CT molecular complexity index is 730. The summed E-state index contributed by atoms with van der Waals surface area (Å²) in [5.41, 5.74) is 6.73. The summed E-state index contributed by atoms with van der Waals surface area (Å²) in [5.74, 6) is 0. The monoisotopic (exact) mass is 272 g/mol. The zero-order chi connectivity index (χ0) is 14.1. The van der Waals surface area contributed by atoms with Gasteiger partial charge < -0.3 is 0 Å². The Morgan fingerprint density at radius 3 is 1.71 bits per heavy atom. The molecule has 0 spiro atoms. The normalized spacial score (nSPS) is 13.1. The molecule has 21 heavy (non-hydrogen) atoms. The maximum absolute atomic E-state index is 4.80. The number of rotatable bonds is 0. The fourth-order valence-corrected chi connectivity index (χ4v) is 2.85. The lowest BCUT2D eigenvalue weighted by atomic mass is 10.0. The second-order valence-corrected chi connectivity index (χ2v) is 5.46. The highest BCUT2D eigenvalue weighted by atomic mass is 14.7. The van der Waals surface area contributed by atoms with Crippen molar-refractivity contribution in [2.45, 2.75) is 19.3 Å². The number of pyridine rings is 2. The first kappa shape index (κ1) is 12.3. The number of nitrogens with zero attached hydrogens (tertiary/aromatic N) is 2. The first-order valence-electron chi connectivity index (χ1n) is 7.41. The van der Waals surface area contributed by atoms with Crippen LogP contribution in [-0.4, -0.2) is 9.97 Å². The highest BCUT2D eigenvalue weighted by Crippen LogP contribution is 2.25. The number of fused-ring (bicyclic) bond motifs is 8. The van der Waals surface area contributed by atoms with Crippen LogP contribution >= 0.6 is 0 Å². The molecule has 4 rings (SSSR count). The van der Waals surface area contributed by atoms with Crippen LogP contribution < -0.4 is 0 Å². The Hall–Kier alpha value is -2.48. The lowest BCUT2D eigenvalue weighted by molar-refractivity contribution is 0.782. The Morgan fingerprint density at radius 2 is 1.14 bits per heavy atom. The van der Waals surface area contributed by atoms with Crippen molar-refractivity contribution in [1.82, 2.24) is 9.97 Å². The molecule has 1 aromatic carbocycles. The van der Waals surface area contributed by atoms with E-state index in [1.54, 1.807) is 0 Å². The van der Waals surface area contributed by atoms with Crippen molar-refractivity contribution in [2.75, 3.05) is 0 Å². The molecule has 2 aromatic heterocycles. The van der Waals surface area contributed by atoms with Gasteiger partial charge in [0.05, 0.1) is 11.4 Å². The molecule has 0 atom stereocenters. The number of benzene rings is 1. The van der Waals surface area contributed by atoms with E-state index in [4.69, 9.17) is 9.97 Å². The van der Waals surface area contributed by atoms with Gasteiger partial charge in [0.1, 0.15) is 0 Å². The molecule has 102 valence electrons. The number of aryl methyl sites for hydroxylation is 2. The van der Waals surface area contributed by atoms with Crippen molar-refractivity contribution < 1.29 is 0 Å². The van der Waals surface area contributed by atoms with Crippen LogP contribution in [0.25, 0.3) is 22.5 Å². The molecule has 1 aliphatic heterocycles. The predicted molar refractivity (Wildman–Crippen MR) is 84.9 cm³/mol. The van der Waals surface area contributed by atoms with Crippen LogP contribution in [0.3, 0.4) is 0 Å². The fraction of sp³-hybridized carbons (Fsp3) is 0.158. The summed E-state index contributed by atoms with van der Waals surface area (Å²) >= 11 is 0. The van der Waals surface area contributed by atoms with Gasteiger partial charge in [-0.05, 0) is 49.6 Å². The number of hydrogen-bond donors (Lipinski definition) is 0. The SMILES string of the molecule is c1cc2cc(c1)-c1cccc(n1)CCCc1cccc-2n1. The van der Waals surface area contributed by atoms with E-state index in [1.165, 1.54) is 0 Å². The first-order chi connectivity index (χ1) is 10.4. The summed E-state index contributed by atoms with van der Waals surface area (Å²) in [6.07, 6.45) is 3.08. The molecule has 0 aliphatic carbocycles. The second-order valence-electron chi connectivity index (χ2n) is 5.46. The van der Waals surface area contributed by atoms with E-state index in [-0.39, 0.29) is 0 Å². The molecule has 1 aliphatic rings. The van der Waals surface area contributed by atoms with Crippen molar-refractivity contribution >= 4 is 0 Å². The minimum absolute atomic E-state index is 0.999. The Morgan fingerprint density at radius 1 is 0.619 bits per heavy atom. The van der Waals surface area contributed by atoms with Gasteiger partial charge in [0.25, 0.3) is 0 Å². The summed E-state index contributed by atoms with van der Waals surface area (Å²) in [5, 5.41) is 0. The summed E-state index contributed by atoms with van der Waals surface area (Å²) < 4.78 is 0. The largest absolute Gasteiger partial charge is 0.253 e. The summed E-state index contributed by atoms with van der Waals surface area (Å²) in [7, 11) is 0. The van der Waals surface area contributed by atoms with Crippen LogP contribution in [0.15, 0.2) is 60.7 Å². The van der Waals surface area contributed by atoms with Crippen LogP contribution in [0.5, 0.6) is 0 Å². The second kappa shape index (κ2) is 5.13. The molecule has 0 saturated carbocycles. The highest BCUT2D eigenvalue weighted by Gasteiger charge is 2.07. The molecular formula is C19H16N2. The van der Waals surface area contributed by atoms with Gasteiger partial charge in [-0.2, -0.15) is 0 Å². The van der Waals surface area contributed by atoms with E-state index in [0.717, 1.165) is 53.2 Å². The van der Waals surface area contributed by atoms with E-state index in [1.807, 2.05) is 0 Å². The van der Waals surface area contributed by atoms with Crippen LogP contribution in [0, 0.1) is 0 Å². The molecule has 0 saturated heterocycles. The molecule has 0 N–H and O–H groups in total. The Kier molecular flexibility index (Phi) is 3.00. The van der Waals surface area contributed by atoms with Gasteiger partial charge in [-0.25, -0.2) is 0 Å². The molecule has 0 amide bonds. The van der Waals surface area contributed by atoms with Gasteiger partial charge in [0.15, 0.2) is 0 Å². The third-order valence-electron chi connectivity index (χ3n) is 3.93. The van der Waals surface area contributed by atoms with E-state index in [9.17, 15) is 0 Å². The zero-order valence-electron chi connectivity index (χ0n) is 11.8. The molecule has 3 heterocycles. The van der Waals surface area contributed by atoms with Crippen molar-refractivity contribution in [2.24, 2.45) is 0 Å². The number of hydrogen-bond acceptors (Lipinski definition) is 2. The molecule has 6 bridgehead atoms. The van der Waals surface area contributed by atoms with Crippen molar-refractivity contribution in [3.63, 3.8) is 0 Å². The third-order valence-corrected chi connectivity index (χ3v) is 3.93. The van der Waals surface area contributed by atoms with Gasteiger partial charge in [0.2, 0.25) is 0 Å². The van der Waals surface area contributed by atoms with Crippen LogP contribution in [0.1, 0.15) is 17.8 Å². The average Bonchev–Trinajstić information content (AvgIpc) is 2.55. The van der Waals surface area contributed by atoms with Crippen LogP contribution in [0.4, 0.5) is 0 Å². The van der Waals surface area contributed by atoms with Crippen molar-refractivity contribution in [1.29, 1.82) is 0 Å². The van der Waals surface area contributed by atoms with Crippen LogP contribution in [-0.2, 0) is 12.8 Å². The third kappa shape index (κ3) is 2.45. The zero-order valence-corrected chi connectivity index (χ0v) is 11.8. The van der Waals surface area contributed by atoms with Crippen molar-refractivity contribution in [3.8, 4) is 22.5 Å². The quantitative estimate of drug-likeness (QED) is 0.610. The van der Waals surface area contributed by atoms with Gasteiger partial charge in [0, 0.05) is 22.5 Å². The summed E-state index contributed by atoms with van der Waals surface area (Å²) in [6.45, 7) is 0. The Labute approximate surface area is 124 Å². The lowest BCUT2D eigenvalue weighted by Crippen LogP contribution is -1.98. The van der Waals surface area contributed by atoms with E-state index in [0.29, 0.717) is 0 Å². The fourth-order valence-electron chi connectivity index (χ4n) is 2.85. The molecule has 2 nitrogen and oxygen atoms in total. The minimum Gasteiger partial charge on any atom is -0.253 e. The van der Waals surface area contributed by atoms with E-state index >= 15 is 0 Å². The van der Waals surface area contributed by atoms with Gasteiger partial charge in [-0.3, -0.25) is 9.97 Å². The molecule has 0 fully saturated rings. The standard InChI is InChI=1S/C19H16N2/c1-5-14-13-15(6-1)19-12-4-10-17(21-19)8-2-7-16-9-3-11-18(14)20-16/h1,3-6,9-13H,2,7-8H2. The van der Waals surface area contributed by atoms with Gasteiger partial charge in [-0.1, -0.05) is 30.3 Å². The van der Waals surface area contributed by atoms with Crippen LogP contribution in [0.2, 0.25) is 0 Å². The van der Waals surface area contributed by atoms with E-state index < -0.39 is 0 Å². The highest BCUT2D eigenvalue weighted by molar-refractivity contribution is 5.69. The Balaban J connectivity index is 1.93. The summed E-state index contributed by atoms with van der Waals surface area (Å²) in [4.78, 5) is 9.59. The van der Waals surface area contributed by atoms with Gasteiger partial charge >= 0.3 is 0 Å². The molecule has 0 unspecified atom stereocenters. The maximum atomic E-state index is 4.80. The predicted octanol–water partition coefficient (Wildman–Crippen LogP) is 4.30. The molecule has 3 aromatic rings. The summed E-state index contributed by atoms with van der Waals surface area (Å²) in [6, 6.07) is 21.1. The first-order valence-corrected chi connectivity index (χ1v) is 7.41. The minimum atomic E-state index is 0.999. The molecule has 0 radical (unpaired) electrons. The smallest absolute Gasteiger partial charge is 0.0705 e. The maximum Gasteiger partial charge on any atom is 0.0705 e. The van der Waals surface area contributed by atoms with Gasteiger partial charge in [-0.15, -0.1) is 0 Å². The topological polar surface area (TPSA) is 25.8 Å². The molecule has 2 heteroatoms. The van der Waals surface area contributed by atoms with E-state index in [2.05, 4.69) is 60.7 Å². The average molecular weight is 272 g/mol. The van der Waals surface area contributed by atoms with Crippen molar-refractivity contribution in [3.05, 3.63) is 72.1 Å². The lowest BCUT2D eigenvalue weighted by Gasteiger charge is -2.10.